The Morgan fingerprint density at radius 2 is 1.22 bits per heavy atom. The molecule has 0 aliphatic heterocycles. The van der Waals surface area contributed by atoms with Gasteiger partial charge in [0, 0.05) is 16.6 Å². The van der Waals surface area contributed by atoms with Crippen LogP contribution in [0.15, 0.2) is 60.7 Å². The summed E-state index contributed by atoms with van der Waals surface area (Å²) in [5.74, 6) is 1.30. The number of hydrogen-bond donors (Lipinski definition) is 0. The predicted octanol–water partition coefficient (Wildman–Crippen LogP) is 7.43. The van der Waals surface area contributed by atoms with Crippen molar-refractivity contribution in [3.63, 3.8) is 0 Å². The number of rotatable bonds is 12. The van der Waals surface area contributed by atoms with Gasteiger partial charge in [0.1, 0.15) is 37.9 Å². The Morgan fingerprint density at radius 1 is 0.780 bits per heavy atom. The maximum atomic E-state index is 11.6. The number of carbonyl (C=O) groups excluding carboxylic acids is 2. The minimum absolute atomic E-state index is 0.165. The molecule has 1 fully saturated rings. The summed E-state index contributed by atoms with van der Waals surface area (Å²) >= 11 is 0. The molecule has 1 aliphatic rings. The van der Waals surface area contributed by atoms with E-state index in [4.69, 9.17) is 18.9 Å². The summed E-state index contributed by atoms with van der Waals surface area (Å²) in [5.41, 5.74) is 5.39. The Labute approximate surface area is 245 Å². The fourth-order valence-corrected chi connectivity index (χ4v) is 6.21. The van der Waals surface area contributed by atoms with Crippen LogP contribution < -0.4 is 9.47 Å². The highest BCUT2D eigenvalue weighted by Crippen LogP contribution is 2.54. The molecule has 0 aromatic heterocycles. The van der Waals surface area contributed by atoms with E-state index in [9.17, 15) is 9.59 Å². The fraction of sp³-hybridized carbons (Fsp3) is 0.486. The van der Waals surface area contributed by atoms with Gasteiger partial charge in [0.2, 0.25) is 0 Å². The Morgan fingerprint density at radius 3 is 1.59 bits per heavy atom. The molecule has 0 spiro atoms. The average molecular weight is 563 g/mol. The average Bonchev–Trinajstić information content (AvgIpc) is 2.88. The Balaban J connectivity index is 1.84. The number of hydrogen-bond acceptors (Lipinski definition) is 6. The molecule has 6 heteroatoms. The molecule has 1 atom stereocenters. The molecule has 1 aliphatic carbocycles. The van der Waals surface area contributed by atoms with Gasteiger partial charge in [-0.1, -0.05) is 58.2 Å². The maximum absolute atomic E-state index is 11.6. The van der Waals surface area contributed by atoms with Gasteiger partial charge in [0.25, 0.3) is 0 Å². The zero-order valence-electron chi connectivity index (χ0n) is 25.9. The molecule has 2 aromatic carbocycles. The first-order valence-corrected chi connectivity index (χ1v) is 14.4. The highest BCUT2D eigenvalue weighted by atomic mass is 16.6. The monoisotopic (exact) mass is 562 g/mol. The van der Waals surface area contributed by atoms with Crippen LogP contribution in [-0.2, 0) is 24.5 Å². The molecule has 41 heavy (non-hydrogen) atoms. The van der Waals surface area contributed by atoms with Crippen LogP contribution in [0.3, 0.4) is 0 Å². The van der Waals surface area contributed by atoms with Crippen molar-refractivity contribution in [1.29, 1.82) is 0 Å². The molecule has 1 saturated carbocycles. The van der Waals surface area contributed by atoms with Crippen molar-refractivity contribution in [1.82, 2.24) is 0 Å². The molecule has 0 saturated heterocycles. The summed E-state index contributed by atoms with van der Waals surface area (Å²) in [7, 11) is 0. The highest BCUT2D eigenvalue weighted by Gasteiger charge is 2.45. The lowest BCUT2D eigenvalue weighted by Gasteiger charge is -2.49. The number of esters is 2. The quantitative estimate of drug-likeness (QED) is 0.152. The molecule has 0 N–H and O–H groups in total. The van der Waals surface area contributed by atoms with Gasteiger partial charge in [-0.3, -0.25) is 0 Å². The minimum atomic E-state index is -0.408. The molecular weight excluding hydrogens is 516 g/mol. The molecule has 0 radical (unpaired) electrons. The van der Waals surface area contributed by atoms with Gasteiger partial charge in [-0.2, -0.15) is 0 Å². The van der Waals surface area contributed by atoms with Crippen molar-refractivity contribution in [3.05, 3.63) is 83.0 Å². The minimum Gasteiger partial charge on any atom is -0.490 e. The second kappa shape index (κ2) is 13.4. The van der Waals surface area contributed by atoms with E-state index in [1.165, 1.54) is 17.5 Å². The van der Waals surface area contributed by atoms with Gasteiger partial charge >= 0.3 is 11.9 Å². The molecule has 0 bridgehead atoms. The second-order valence-electron chi connectivity index (χ2n) is 12.4. The lowest BCUT2D eigenvalue weighted by Crippen LogP contribution is -2.41. The van der Waals surface area contributed by atoms with E-state index in [-0.39, 0.29) is 37.3 Å². The maximum Gasteiger partial charge on any atom is 0.333 e. The van der Waals surface area contributed by atoms with Crippen molar-refractivity contribution >= 4 is 11.9 Å². The fourth-order valence-electron chi connectivity index (χ4n) is 6.21. The van der Waals surface area contributed by atoms with Crippen LogP contribution in [0.4, 0.5) is 0 Å². The normalized spacial score (nSPS) is 17.3. The Hall–Kier alpha value is -3.54. The van der Waals surface area contributed by atoms with Crippen LogP contribution in [0.2, 0.25) is 0 Å². The van der Waals surface area contributed by atoms with E-state index < -0.39 is 11.9 Å². The van der Waals surface area contributed by atoms with Gasteiger partial charge in [-0.25, -0.2) is 9.59 Å². The Bertz CT molecular complexity index is 1200. The van der Waals surface area contributed by atoms with Crippen molar-refractivity contribution < 1.29 is 28.5 Å². The summed E-state index contributed by atoms with van der Waals surface area (Å²) in [6, 6.07) is 12.9. The summed E-state index contributed by atoms with van der Waals surface area (Å²) in [6.07, 6.45) is 3.25. The standard InChI is InChI=1S/C35H46O6/c1-23(2)32(36)40-16-14-38-30-12-10-28(18-26(30)6)35(21-25(5)20-34(8,9)22-35)29-11-13-31(27(7)19-29)39-15-17-41-33(37)24(3)4/h10-13,18-19,25H,1,3,14-17,20-22H2,2,4-9H3. The number of ether oxygens (including phenoxy) is 4. The molecule has 6 nitrogen and oxygen atoms in total. The summed E-state index contributed by atoms with van der Waals surface area (Å²) in [6.45, 7) is 22.6. The zero-order chi connectivity index (χ0) is 30.4. The van der Waals surface area contributed by atoms with E-state index >= 15 is 0 Å². The van der Waals surface area contributed by atoms with Crippen molar-refractivity contribution in [2.45, 2.75) is 73.1 Å². The molecule has 1 unspecified atom stereocenters. The summed E-state index contributed by atoms with van der Waals surface area (Å²) < 4.78 is 22.2. The number of aryl methyl sites for hydroxylation is 2. The van der Waals surface area contributed by atoms with Crippen LogP contribution >= 0.6 is 0 Å². The van der Waals surface area contributed by atoms with E-state index in [0.29, 0.717) is 17.1 Å². The van der Waals surface area contributed by atoms with E-state index in [0.717, 1.165) is 35.5 Å². The molecule has 222 valence electrons. The van der Waals surface area contributed by atoms with Crippen molar-refractivity contribution in [2.24, 2.45) is 11.3 Å². The molecule has 0 amide bonds. The van der Waals surface area contributed by atoms with Crippen LogP contribution in [0.25, 0.3) is 0 Å². The van der Waals surface area contributed by atoms with Crippen LogP contribution in [-0.4, -0.2) is 38.4 Å². The second-order valence-corrected chi connectivity index (χ2v) is 12.4. The lowest BCUT2D eigenvalue weighted by molar-refractivity contribution is -0.140. The van der Waals surface area contributed by atoms with Gasteiger partial charge in [-0.15, -0.1) is 0 Å². The zero-order valence-corrected chi connectivity index (χ0v) is 25.9. The largest absolute Gasteiger partial charge is 0.490 e. The molecule has 2 aromatic rings. The summed E-state index contributed by atoms with van der Waals surface area (Å²) in [4.78, 5) is 23.3. The van der Waals surface area contributed by atoms with Crippen LogP contribution in [0.1, 0.15) is 76.1 Å². The Kier molecular flexibility index (Phi) is 10.5. The number of benzene rings is 2. The smallest absolute Gasteiger partial charge is 0.333 e. The predicted molar refractivity (Wildman–Crippen MR) is 162 cm³/mol. The molecular formula is C35H46O6. The summed E-state index contributed by atoms with van der Waals surface area (Å²) in [5, 5.41) is 0. The molecule has 0 heterocycles. The third kappa shape index (κ3) is 8.25. The number of carbonyl (C=O) groups is 2. The first kappa shape index (κ1) is 32.0. The van der Waals surface area contributed by atoms with Gasteiger partial charge in [0.05, 0.1) is 0 Å². The van der Waals surface area contributed by atoms with Gasteiger partial charge in [0.15, 0.2) is 0 Å². The van der Waals surface area contributed by atoms with E-state index in [1.54, 1.807) is 13.8 Å². The third-order valence-corrected chi connectivity index (χ3v) is 7.68. The third-order valence-electron chi connectivity index (χ3n) is 7.68. The topological polar surface area (TPSA) is 71.1 Å². The molecule has 3 rings (SSSR count). The highest BCUT2D eigenvalue weighted by molar-refractivity contribution is 5.87. The van der Waals surface area contributed by atoms with Gasteiger partial charge in [-0.05, 0) is 92.7 Å². The van der Waals surface area contributed by atoms with Crippen molar-refractivity contribution in [3.8, 4) is 11.5 Å². The van der Waals surface area contributed by atoms with Gasteiger partial charge < -0.3 is 18.9 Å². The van der Waals surface area contributed by atoms with Crippen molar-refractivity contribution in [2.75, 3.05) is 26.4 Å². The lowest BCUT2D eigenvalue weighted by atomic mass is 9.55. The first-order valence-electron chi connectivity index (χ1n) is 14.4. The van der Waals surface area contributed by atoms with E-state index in [2.05, 4.69) is 72.0 Å². The van der Waals surface area contributed by atoms with E-state index in [1.807, 2.05) is 12.1 Å². The van der Waals surface area contributed by atoms with Crippen LogP contribution in [0, 0.1) is 25.2 Å². The van der Waals surface area contributed by atoms with Crippen LogP contribution in [0.5, 0.6) is 11.5 Å². The SMILES string of the molecule is C=C(C)C(=O)OCCOc1ccc(C2(c3ccc(OCCOC(=O)C(=C)C)c(C)c3)CC(C)CC(C)(C)C2)cc1C. The first-order chi connectivity index (χ1) is 19.2.